The number of H-pyrrole nitrogens is 1. The second-order valence-electron chi connectivity index (χ2n) is 6.98. The number of aromatic nitrogens is 2. The molecular weight excluding hydrogens is 350 g/mol. The van der Waals surface area contributed by atoms with Crippen molar-refractivity contribution in [3.63, 3.8) is 0 Å². The molecule has 0 radical (unpaired) electrons. The molecule has 3 heterocycles. The maximum absolute atomic E-state index is 6.04. The van der Waals surface area contributed by atoms with Crippen molar-refractivity contribution in [1.82, 2.24) is 14.9 Å². The molecule has 116 valence electrons. The van der Waals surface area contributed by atoms with E-state index in [0.29, 0.717) is 10.7 Å². The zero-order chi connectivity index (χ0) is 15.2. The molecule has 0 bridgehead atoms. The van der Waals surface area contributed by atoms with E-state index in [2.05, 4.69) is 51.6 Å². The zero-order valence-corrected chi connectivity index (χ0v) is 15.2. The van der Waals surface area contributed by atoms with E-state index in [0.717, 1.165) is 29.1 Å². The average Bonchev–Trinajstić information content (AvgIpc) is 2.87. The Kier molecular flexibility index (Phi) is 4.25. The molecule has 0 amide bonds. The lowest BCUT2D eigenvalue weighted by molar-refractivity contribution is -0.0543. The van der Waals surface area contributed by atoms with Gasteiger partial charge in [-0.1, -0.05) is 33.0 Å². The molecule has 2 aliphatic rings. The first-order valence-corrected chi connectivity index (χ1v) is 8.72. The Morgan fingerprint density at radius 2 is 2.19 bits per heavy atom. The maximum atomic E-state index is 6.04. The minimum atomic E-state index is -0.0189. The van der Waals surface area contributed by atoms with E-state index in [1.807, 2.05) is 0 Å². The minimum absolute atomic E-state index is 0.00440. The molecule has 4 nitrogen and oxygen atoms in total. The van der Waals surface area contributed by atoms with E-state index in [1.165, 1.54) is 19.4 Å². The molecule has 3 rings (SSSR count). The van der Waals surface area contributed by atoms with E-state index in [-0.39, 0.29) is 11.5 Å². The second-order valence-corrected chi connectivity index (χ2v) is 8.16. The van der Waals surface area contributed by atoms with Gasteiger partial charge in [-0.2, -0.15) is 0 Å². The lowest BCUT2D eigenvalue weighted by Crippen LogP contribution is -2.43. The Labute approximate surface area is 139 Å². The van der Waals surface area contributed by atoms with Gasteiger partial charge in [0.15, 0.2) is 0 Å². The Morgan fingerprint density at radius 3 is 2.90 bits per heavy atom. The molecule has 0 saturated carbocycles. The topological polar surface area (TPSA) is 41.2 Å². The maximum Gasteiger partial charge on any atom is 0.144 e. The van der Waals surface area contributed by atoms with Gasteiger partial charge in [0.05, 0.1) is 11.1 Å². The molecule has 1 aromatic rings. The normalized spacial score (nSPS) is 26.9. The number of nitrogens with one attached hydrogen (secondary N) is 1. The van der Waals surface area contributed by atoms with Crippen LogP contribution >= 0.6 is 28.1 Å². The number of ether oxygens (including phenoxy) is 1. The molecule has 2 atom stereocenters. The summed E-state index contributed by atoms with van der Waals surface area (Å²) in [6, 6.07) is 0.599. The fourth-order valence-corrected chi connectivity index (χ4v) is 4.11. The van der Waals surface area contributed by atoms with Crippen LogP contribution in [-0.2, 0) is 10.2 Å². The highest BCUT2D eigenvalue weighted by atomic mass is 79.9. The van der Waals surface area contributed by atoms with Crippen LogP contribution in [0.4, 0.5) is 0 Å². The molecule has 1 aromatic heterocycles. The lowest BCUT2D eigenvalue weighted by atomic mass is 9.92. The zero-order valence-electron chi connectivity index (χ0n) is 12.8. The molecule has 0 spiro atoms. The fraction of sp³-hybridized carbons (Fsp3) is 0.733. The summed E-state index contributed by atoms with van der Waals surface area (Å²) in [5.74, 6) is 0.860. The lowest BCUT2D eigenvalue weighted by Gasteiger charge is -2.35. The summed E-state index contributed by atoms with van der Waals surface area (Å²) in [5, 5.41) is 0. The van der Waals surface area contributed by atoms with Crippen LogP contribution in [0.25, 0.3) is 0 Å². The van der Waals surface area contributed by atoms with Crippen molar-refractivity contribution in [3.05, 3.63) is 20.6 Å². The second kappa shape index (κ2) is 5.72. The van der Waals surface area contributed by atoms with E-state index in [1.54, 1.807) is 0 Å². The van der Waals surface area contributed by atoms with Gasteiger partial charge in [-0.3, -0.25) is 4.90 Å². The number of halogens is 1. The van der Waals surface area contributed by atoms with Crippen LogP contribution in [0.1, 0.15) is 51.2 Å². The Hall–Kier alpha value is -0.300. The summed E-state index contributed by atoms with van der Waals surface area (Å²) in [6.07, 6.45) is 2.52. The summed E-state index contributed by atoms with van der Waals surface area (Å²) in [5.41, 5.74) is 1.07. The number of hydrogen-bond donors (Lipinski definition) is 1. The average molecular weight is 372 g/mol. The van der Waals surface area contributed by atoms with Gasteiger partial charge in [0.25, 0.3) is 0 Å². The van der Waals surface area contributed by atoms with Gasteiger partial charge in [0.1, 0.15) is 16.6 Å². The highest BCUT2D eigenvalue weighted by Crippen LogP contribution is 2.32. The minimum Gasteiger partial charge on any atom is -0.367 e. The van der Waals surface area contributed by atoms with Gasteiger partial charge < -0.3 is 9.72 Å². The summed E-state index contributed by atoms with van der Waals surface area (Å²) in [6.45, 7) is 9.39. The standard InChI is InChI=1S/C15H22BrN3OS/c1-15(2,3)12-11(16)14(21)18-13(17-12)10-7-19-6-4-5-9(19)8-20-10/h9-10H,4-8H2,1-3H3,(H,17,18,21). The van der Waals surface area contributed by atoms with E-state index in [9.17, 15) is 0 Å². The molecule has 2 unspecified atom stereocenters. The van der Waals surface area contributed by atoms with Gasteiger partial charge in [0, 0.05) is 23.7 Å². The summed E-state index contributed by atoms with van der Waals surface area (Å²) in [4.78, 5) is 10.5. The molecule has 2 saturated heterocycles. The first kappa shape index (κ1) is 15.6. The third kappa shape index (κ3) is 3.09. The van der Waals surface area contributed by atoms with Crippen molar-refractivity contribution in [2.45, 2.75) is 51.2 Å². The van der Waals surface area contributed by atoms with Crippen molar-refractivity contribution in [3.8, 4) is 0 Å². The molecular formula is C15H22BrN3OS. The van der Waals surface area contributed by atoms with Crippen LogP contribution in [0.5, 0.6) is 0 Å². The van der Waals surface area contributed by atoms with Gasteiger partial charge in [0.2, 0.25) is 0 Å². The smallest absolute Gasteiger partial charge is 0.144 e. The monoisotopic (exact) mass is 371 g/mol. The number of aromatic amines is 1. The predicted molar refractivity (Wildman–Crippen MR) is 89.1 cm³/mol. The Bertz CT molecular complexity index is 596. The SMILES string of the molecule is CC(C)(C)c1[nH]c(C2CN3CCCC3CO2)nc(=S)c1Br. The molecule has 2 fully saturated rings. The third-order valence-electron chi connectivity index (χ3n) is 4.33. The third-order valence-corrected chi connectivity index (χ3v) is 5.66. The van der Waals surface area contributed by atoms with Crippen molar-refractivity contribution >= 4 is 28.1 Å². The summed E-state index contributed by atoms with van der Waals surface area (Å²) < 4.78 is 7.55. The molecule has 2 aliphatic heterocycles. The first-order valence-electron chi connectivity index (χ1n) is 7.52. The molecule has 1 N–H and O–H groups in total. The van der Waals surface area contributed by atoms with Gasteiger partial charge in [-0.25, -0.2) is 4.98 Å². The van der Waals surface area contributed by atoms with Crippen molar-refractivity contribution < 1.29 is 4.74 Å². The van der Waals surface area contributed by atoms with Crippen LogP contribution in [-0.4, -0.2) is 40.6 Å². The Morgan fingerprint density at radius 1 is 1.43 bits per heavy atom. The number of fused-ring (bicyclic) bond motifs is 1. The highest BCUT2D eigenvalue weighted by molar-refractivity contribution is 9.10. The van der Waals surface area contributed by atoms with Crippen molar-refractivity contribution in [1.29, 1.82) is 0 Å². The van der Waals surface area contributed by atoms with Crippen molar-refractivity contribution in [2.75, 3.05) is 19.7 Å². The van der Waals surface area contributed by atoms with E-state index >= 15 is 0 Å². The molecule has 0 aromatic carbocycles. The quantitative estimate of drug-likeness (QED) is 0.763. The van der Waals surface area contributed by atoms with Crippen LogP contribution in [0, 0.1) is 4.64 Å². The van der Waals surface area contributed by atoms with E-state index in [4.69, 9.17) is 17.0 Å². The Balaban J connectivity index is 1.92. The van der Waals surface area contributed by atoms with Gasteiger partial charge in [-0.15, -0.1) is 0 Å². The number of morpholine rings is 1. The highest BCUT2D eigenvalue weighted by Gasteiger charge is 2.34. The predicted octanol–water partition coefficient (Wildman–Crippen LogP) is 3.73. The molecule has 0 aliphatic carbocycles. The largest absolute Gasteiger partial charge is 0.367 e. The van der Waals surface area contributed by atoms with Gasteiger partial charge >= 0.3 is 0 Å². The first-order chi connectivity index (χ1) is 9.86. The van der Waals surface area contributed by atoms with Crippen molar-refractivity contribution in [2.24, 2.45) is 0 Å². The van der Waals surface area contributed by atoms with Crippen LogP contribution in [0.2, 0.25) is 0 Å². The van der Waals surface area contributed by atoms with Crippen LogP contribution in [0.15, 0.2) is 4.47 Å². The number of rotatable bonds is 1. The fourth-order valence-electron chi connectivity index (χ4n) is 3.13. The molecule has 6 heteroatoms. The summed E-state index contributed by atoms with van der Waals surface area (Å²) >= 11 is 8.98. The van der Waals surface area contributed by atoms with E-state index < -0.39 is 0 Å². The number of hydrogen-bond acceptors (Lipinski definition) is 4. The molecule has 21 heavy (non-hydrogen) atoms. The summed E-state index contributed by atoms with van der Waals surface area (Å²) in [7, 11) is 0. The van der Waals surface area contributed by atoms with Gasteiger partial charge in [-0.05, 0) is 35.3 Å². The van der Waals surface area contributed by atoms with Crippen LogP contribution < -0.4 is 0 Å². The van der Waals surface area contributed by atoms with Crippen LogP contribution in [0.3, 0.4) is 0 Å². The number of nitrogens with zero attached hydrogens (tertiary/aromatic N) is 2.